The highest BCUT2D eigenvalue weighted by Gasteiger charge is 2.43. The first-order valence-corrected chi connectivity index (χ1v) is 11.6. The van der Waals surface area contributed by atoms with Gasteiger partial charge in [-0.05, 0) is 31.2 Å². The van der Waals surface area contributed by atoms with Crippen molar-refractivity contribution in [1.82, 2.24) is 10.2 Å². The van der Waals surface area contributed by atoms with Gasteiger partial charge in [0, 0.05) is 37.4 Å². The van der Waals surface area contributed by atoms with E-state index in [1.807, 2.05) is 9.80 Å². The third-order valence-corrected chi connectivity index (χ3v) is 6.21. The molecule has 4 rings (SSSR count). The Kier molecular flexibility index (Phi) is 7.37. The number of piperazine rings is 1. The number of methoxy groups -OCH3 is 1. The van der Waals surface area contributed by atoms with E-state index in [1.165, 1.54) is 13.2 Å². The quantitative estimate of drug-likeness (QED) is 0.497. The molecule has 1 saturated heterocycles. The lowest BCUT2D eigenvalue weighted by molar-refractivity contribution is -0.153. The van der Waals surface area contributed by atoms with E-state index in [1.54, 1.807) is 37.3 Å². The molecular weight excluding hydrogens is 477 g/mol. The summed E-state index contributed by atoms with van der Waals surface area (Å²) in [7, 11) is 1.50. The highest BCUT2D eigenvalue weighted by atomic mass is 19.4. The molecule has 36 heavy (non-hydrogen) atoms. The second-order valence-electron chi connectivity index (χ2n) is 8.38. The standard InChI is InChI=1S/C25H27F3N4O4/c1-3-36-23(34)20-21(18-9-4-5-10-19(18)35-2)29-24(30-22(20)33)32-13-11-31(12-14-32)17-8-6-7-16(15-17)25(26,27)28/h4-10,15,20-21H,3,11-14H2,1-2H3,(H,29,30,33)/t20-,21+/m1/s1. The van der Waals surface area contributed by atoms with Crippen LogP contribution >= 0.6 is 0 Å². The number of alkyl halides is 3. The molecule has 1 N–H and O–H groups in total. The Hall–Kier alpha value is -3.76. The van der Waals surface area contributed by atoms with Crippen LogP contribution in [0.4, 0.5) is 18.9 Å². The maximum atomic E-state index is 13.1. The number of halogens is 3. The van der Waals surface area contributed by atoms with E-state index in [0.29, 0.717) is 49.1 Å². The number of amides is 1. The van der Waals surface area contributed by atoms with E-state index in [0.717, 1.165) is 12.1 Å². The number of hydrogen-bond donors (Lipinski definition) is 1. The summed E-state index contributed by atoms with van der Waals surface area (Å²) in [6.45, 7) is 3.47. The van der Waals surface area contributed by atoms with E-state index in [2.05, 4.69) is 5.32 Å². The zero-order valence-electron chi connectivity index (χ0n) is 19.9. The van der Waals surface area contributed by atoms with Crippen LogP contribution in [0.2, 0.25) is 0 Å². The van der Waals surface area contributed by atoms with E-state index >= 15 is 0 Å². The van der Waals surface area contributed by atoms with E-state index in [4.69, 9.17) is 14.5 Å². The minimum atomic E-state index is -4.41. The van der Waals surface area contributed by atoms with Crippen LogP contribution in [0.1, 0.15) is 24.1 Å². The molecule has 0 spiro atoms. The Morgan fingerprint density at radius 3 is 2.44 bits per heavy atom. The molecule has 11 heteroatoms. The van der Waals surface area contributed by atoms with Crippen molar-refractivity contribution >= 4 is 23.5 Å². The molecule has 2 aromatic carbocycles. The number of rotatable bonds is 5. The number of anilines is 1. The first-order chi connectivity index (χ1) is 17.2. The summed E-state index contributed by atoms with van der Waals surface area (Å²) in [5.74, 6) is -1.60. The maximum Gasteiger partial charge on any atom is 0.416 e. The molecule has 0 aromatic heterocycles. The SMILES string of the molecule is CCOC(=O)[C@H]1C(=O)NC(N2CCN(c3cccc(C(F)(F)F)c3)CC2)=N[C@H]1c1ccccc1OC. The van der Waals surface area contributed by atoms with Crippen molar-refractivity contribution in [3.63, 3.8) is 0 Å². The zero-order valence-corrected chi connectivity index (χ0v) is 19.9. The number of esters is 1. The number of aliphatic imine (C=N–C) groups is 1. The molecule has 0 radical (unpaired) electrons. The Balaban J connectivity index is 1.57. The third-order valence-electron chi connectivity index (χ3n) is 6.21. The molecule has 0 unspecified atom stereocenters. The molecule has 2 aliphatic rings. The number of carbonyl (C=O) groups excluding carboxylic acids is 2. The van der Waals surface area contributed by atoms with Crippen molar-refractivity contribution in [2.24, 2.45) is 10.9 Å². The number of carbonyl (C=O) groups is 2. The third kappa shape index (κ3) is 5.24. The van der Waals surface area contributed by atoms with Gasteiger partial charge in [-0.1, -0.05) is 24.3 Å². The summed E-state index contributed by atoms with van der Waals surface area (Å²) in [6.07, 6.45) is -4.41. The van der Waals surface area contributed by atoms with Crippen LogP contribution in [0.5, 0.6) is 5.75 Å². The van der Waals surface area contributed by atoms with Gasteiger partial charge in [0.1, 0.15) is 11.8 Å². The number of nitrogens with zero attached hydrogens (tertiary/aromatic N) is 3. The van der Waals surface area contributed by atoms with Gasteiger partial charge >= 0.3 is 12.1 Å². The van der Waals surface area contributed by atoms with Crippen LogP contribution in [-0.4, -0.2) is 62.6 Å². The van der Waals surface area contributed by atoms with Crippen molar-refractivity contribution in [1.29, 1.82) is 0 Å². The average Bonchev–Trinajstić information content (AvgIpc) is 2.88. The summed E-state index contributed by atoms with van der Waals surface area (Å²) in [4.78, 5) is 34.2. The Morgan fingerprint density at radius 1 is 1.08 bits per heavy atom. The van der Waals surface area contributed by atoms with Crippen molar-refractivity contribution in [2.75, 3.05) is 44.8 Å². The molecular formula is C25H27F3N4O4. The number of ether oxygens (including phenoxy) is 2. The van der Waals surface area contributed by atoms with Crippen LogP contribution in [-0.2, 0) is 20.5 Å². The summed E-state index contributed by atoms with van der Waals surface area (Å²) in [6, 6.07) is 11.4. The molecule has 2 atom stereocenters. The fourth-order valence-corrected chi connectivity index (χ4v) is 4.41. The van der Waals surface area contributed by atoms with Gasteiger partial charge in [-0.2, -0.15) is 13.2 Å². The average molecular weight is 505 g/mol. The van der Waals surface area contributed by atoms with Gasteiger partial charge < -0.3 is 19.3 Å². The number of para-hydroxylation sites is 1. The minimum absolute atomic E-state index is 0.120. The summed E-state index contributed by atoms with van der Waals surface area (Å²) in [5.41, 5.74) is 0.359. The summed E-state index contributed by atoms with van der Waals surface area (Å²) < 4.78 is 49.9. The zero-order chi connectivity index (χ0) is 25.9. The predicted octanol–water partition coefficient (Wildman–Crippen LogP) is 3.24. The van der Waals surface area contributed by atoms with Gasteiger partial charge in [-0.15, -0.1) is 0 Å². The van der Waals surface area contributed by atoms with Gasteiger partial charge in [-0.25, -0.2) is 4.99 Å². The van der Waals surface area contributed by atoms with E-state index < -0.39 is 35.6 Å². The number of hydrogen-bond acceptors (Lipinski definition) is 7. The normalized spacial score (nSPS) is 20.5. The van der Waals surface area contributed by atoms with Crippen LogP contribution in [0.3, 0.4) is 0 Å². The molecule has 0 aliphatic carbocycles. The fraction of sp³-hybridized carbons (Fsp3) is 0.400. The van der Waals surface area contributed by atoms with E-state index in [-0.39, 0.29) is 6.61 Å². The molecule has 2 heterocycles. The van der Waals surface area contributed by atoms with Gasteiger partial charge in [-0.3, -0.25) is 14.9 Å². The van der Waals surface area contributed by atoms with Crippen LogP contribution in [0.15, 0.2) is 53.5 Å². The molecule has 0 bridgehead atoms. The Morgan fingerprint density at radius 2 is 1.78 bits per heavy atom. The highest BCUT2D eigenvalue weighted by molar-refractivity contribution is 6.08. The number of guanidine groups is 1. The van der Waals surface area contributed by atoms with Crippen LogP contribution in [0, 0.1) is 5.92 Å². The van der Waals surface area contributed by atoms with Crippen LogP contribution in [0.25, 0.3) is 0 Å². The van der Waals surface area contributed by atoms with Gasteiger partial charge in [0.25, 0.3) is 0 Å². The van der Waals surface area contributed by atoms with Crippen molar-refractivity contribution in [3.8, 4) is 5.75 Å². The first kappa shape index (κ1) is 25.3. The molecule has 2 aromatic rings. The van der Waals surface area contributed by atoms with Gasteiger partial charge in [0.15, 0.2) is 5.92 Å². The number of benzene rings is 2. The molecule has 2 aliphatic heterocycles. The lowest BCUT2D eigenvalue weighted by Gasteiger charge is -2.40. The second kappa shape index (κ2) is 10.5. The molecule has 0 saturated carbocycles. The monoisotopic (exact) mass is 504 g/mol. The molecule has 1 fully saturated rings. The van der Waals surface area contributed by atoms with Crippen molar-refractivity contribution in [3.05, 3.63) is 59.7 Å². The van der Waals surface area contributed by atoms with Crippen LogP contribution < -0.4 is 15.0 Å². The molecule has 8 nitrogen and oxygen atoms in total. The smallest absolute Gasteiger partial charge is 0.416 e. The Labute approximate surface area is 206 Å². The van der Waals surface area contributed by atoms with E-state index in [9.17, 15) is 22.8 Å². The Bertz CT molecular complexity index is 1150. The lowest BCUT2D eigenvalue weighted by Crippen LogP contribution is -2.57. The first-order valence-electron chi connectivity index (χ1n) is 11.6. The summed E-state index contributed by atoms with van der Waals surface area (Å²) in [5, 5.41) is 2.72. The van der Waals surface area contributed by atoms with Crippen molar-refractivity contribution < 1.29 is 32.2 Å². The molecule has 192 valence electrons. The number of nitrogens with one attached hydrogen (secondary N) is 1. The lowest BCUT2D eigenvalue weighted by atomic mass is 9.90. The summed E-state index contributed by atoms with van der Waals surface area (Å²) >= 11 is 0. The second-order valence-corrected chi connectivity index (χ2v) is 8.38. The highest BCUT2D eigenvalue weighted by Crippen LogP contribution is 2.36. The maximum absolute atomic E-state index is 13.1. The fourth-order valence-electron chi connectivity index (χ4n) is 4.41. The molecule has 1 amide bonds. The minimum Gasteiger partial charge on any atom is -0.496 e. The van der Waals surface area contributed by atoms with Gasteiger partial charge in [0.2, 0.25) is 11.9 Å². The predicted molar refractivity (Wildman–Crippen MR) is 127 cm³/mol. The van der Waals surface area contributed by atoms with Gasteiger partial charge in [0.05, 0.1) is 19.3 Å². The largest absolute Gasteiger partial charge is 0.496 e. The van der Waals surface area contributed by atoms with Crippen molar-refractivity contribution in [2.45, 2.75) is 19.1 Å². The topological polar surface area (TPSA) is 83.5 Å².